The van der Waals surface area contributed by atoms with Gasteiger partial charge in [0.15, 0.2) is 11.5 Å². The summed E-state index contributed by atoms with van der Waals surface area (Å²) < 4.78 is 17.3. The van der Waals surface area contributed by atoms with E-state index < -0.39 is 0 Å². The number of amides is 1. The number of rotatable bonds is 3. The van der Waals surface area contributed by atoms with Crippen LogP contribution >= 0.6 is 11.8 Å². The minimum absolute atomic E-state index is 0.0803. The van der Waals surface area contributed by atoms with Crippen LogP contribution in [-0.2, 0) is 4.74 Å². The number of hydrogen-bond donors (Lipinski definition) is 0. The van der Waals surface area contributed by atoms with Crippen molar-refractivity contribution < 1.29 is 19.0 Å². The lowest BCUT2D eigenvalue weighted by atomic mass is 9.92. The van der Waals surface area contributed by atoms with Crippen LogP contribution in [0.2, 0.25) is 0 Å². The van der Waals surface area contributed by atoms with Crippen LogP contribution in [0.1, 0.15) is 30.1 Å². The third kappa shape index (κ3) is 2.97. The van der Waals surface area contributed by atoms with Crippen molar-refractivity contribution in [2.24, 2.45) is 0 Å². The average molecular weight is 349 g/mol. The number of benzene rings is 1. The highest BCUT2D eigenvalue weighted by Crippen LogP contribution is 2.46. The molecular weight excluding hydrogens is 326 g/mol. The average Bonchev–Trinajstić information content (AvgIpc) is 2.84. The van der Waals surface area contributed by atoms with E-state index in [9.17, 15) is 4.79 Å². The molecule has 3 aliphatic heterocycles. The Hall–Kier alpha value is -1.40. The van der Waals surface area contributed by atoms with Gasteiger partial charge in [-0.05, 0) is 31.5 Å². The third-order valence-corrected chi connectivity index (χ3v) is 6.39. The minimum Gasteiger partial charge on any atom is -0.490 e. The zero-order valence-corrected chi connectivity index (χ0v) is 14.8. The van der Waals surface area contributed by atoms with Crippen LogP contribution in [0.5, 0.6) is 11.5 Å². The Balaban J connectivity index is 1.40. The van der Waals surface area contributed by atoms with Crippen molar-refractivity contribution in [1.82, 2.24) is 4.90 Å². The van der Waals surface area contributed by atoms with E-state index in [1.54, 1.807) is 0 Å². The maximum atomic E-state index is 12.7. The van der Waals surface area contributed by atoms with Gasteiger partial charge in [-0.15, -0.1) is 11.8 Å². The van der Waals surface area contributed by atoms with E-state index >= 15 is 0 Å². The predicted octanol–water partition coefficient (Wildman–Crippen LogP) is 2.58. The Labute approximate surface area is 146 Å². The molecule has 0 unspecified atom stereocenters. The largest absolute Gasteiger partial charge is 0.490 e. The molecule has 0 aromatic heterocycles. The van der Waals surface area contributed by atoms with Gasteiger partial charge < -0.3 is 19.1 Å². The topological polar surface area (TPSA) is 48.0 Å². The van der Waals surface area contributed by atoms with Crippen molar-refractivity contribution in [1.29, 1.82) is 0 Å². The summed E-state index contributed by atoms with van der Waals surface area (Å²) in [5.41, 5.74) is 0.679. The lowest BCUT2D eigenvalue weighted by Crippen LogP contribution is -2.60. The van der Waals surface area contributed by atoms with Gasteiger partial charge in [-0.1, -0.05) is 0 Å². The van der Waals surface area contributed by atoms with Gasteiger partial charge in [0.2, 0.25) is 0 Å². The number of likely N-dealkylation sites (tertiary alicyclic amines) is 1. The van der Waals surface area contributed by atoms with Crippen molar-refractivity contribution in [3.8, 4) is 11.5 Å². The highest BCUT2D eigenvalue weighted by atomic mass is 32.2. The quantitative estimate of drug-likeness (QED) is 0.839. The van der Waals surface area contributed by atoms with Gasteiger partial charge in [-0.2, -0.15) is 0 Å². The van der Waals surface area contributed by atoms with Crippen LogP contribution in [0.3, 0.4) is 0 Å². The molecule has 2 fully saturated rings. The van der Waals surface area contributed by atoms with E-state index in [4.69, 9.17) is 14.2 Å². The number of carbonyl (C=O) groups is 1. The molecule has 0 bridgehead atoms. The third-order valence-electron chi connectivity index (χ3n) is 4.82. The molecule has 0 aliphatic carbocycles. The van der Waals surface area contributed by atoms with Gasteiger partial charge in [-0.25, -0.2) is 0 Å². The Morgan fingerprint density at radius 1 is 1.33 bits per heavy atom. The fourth-order valence-electron chi connectivity index (χ4n) is 3.64. The van der Waals surface area contributed by atoms with Gasteiger partial charge in [0.1, 0.15) is 0 Å². The SMILES string of the molecule is CCO[C@@H]1CSC2(C1)CN(C(=O)c1ccc3c(c1)OCCCO3)C2. The van der Waals surface area contributed by atoms with Crippen LogP contribution in [0.25, 0.3) is 0 Å². The number of thioether (sulfide) groups is 1. The maximum Gasteiger partial charge on any atom is 0.254 e. The summed E-state index contributed by atoms with van der Waals surface area (Å²) in [7, 11) is 0. The molecule has 6 heteroatoms. The number of fused-ring (bicyclic) bond motifs is 1. The minimum atomic E-state index is 0.0803. The molecule has 1 atom stereocenters. The molecule has 0 N–H and O–H groups in total. The molecule has 3 aliphatic rings. The molecule has 0 radical (unpaired) electrons. The smallest absolute Gasteiger partial charge is 0.254 e. The summed E-state index contributed by atoms with van der Waals surface area (Å²) >= 11 is 1.96. The molecular formula is C18H23NO4S. The number of ether oxygens (including phenoxy) is 3. The normalized spacial score (nSPS) is 24.5. The molecule has 24 heavy (non-hydrogen) atoms. The van der Waals surface area contributed by atoms with Gasteiger partial charge >= 0.3 is 0 Å². The molecule has 1 amide bonds. The van der Waals surface area contributed by atoms with Gasteiger partial charge in [0.25, 0.3) is 5.91 Å². The van der Waals surface area contributed by atoms with E-state index in [1.165, 1.54) is 0 Å². The zero-order valence-electron chi connectivity index (χ0n) is 14.0. The molecule has 1 aromatic rings. The van der Waals surface area contributed by atoms with Crippen molar-refractivity contribution in [3.05, 3.63) is 23.8 Å². The van der Waals surface area contributed by atoms with Crippen LogP contribution in [0, 0.1) is 0 Å². The summed E-state index contributed by atoms with van der Waals surface area (Å²) in [4.78, 5) is 14.7. The molecule has 5 nitrogen and oxygen atoms in total. The molecule has 1 spiro atoms. The zero-order chi connectivity index (χ0) is 16.6. The van der Waals surface area contributed by atoms with Crippen LogP contribution in [0.4, 0.5) is 0 Å². The van der Waals surface area contributed by atoms with E-state index in [0.717, 1.165) is 44.0 Å². The van der Waals surface area contributed by atoms with E-state index in [2.05, 4.69) is 0 Å². The van der Waals surface area contributed by atoms with Gasteiger partial charge in [0, 0.05) is 37.4 Å². The monoisotopic (exact) mass is 349 g/mol. The molecule has 4 rings (SSSR count). The Morgan fingerprint density at radius 2 is 2.12 bits per heavy atom. The van der Waals surface area contributed by atoms with E-state index in [-0.39, 0.29) is 10.7 Å². The van der Waals surface area contributed by atoms with Crippen LogP contribution < -0.4 is 9.47 Å². The summed E-state index contributed by atoms with van der Waals surface area (Å²) in [6.07, 6.45) is 2.26. The van der Waals surface area contributed by atoms with Crippen LogP contribution in [0.15, 0.2) is 18.2 Å². The first-order valence-corrected chi connectivity index (χ1v) is 9.62. The molecule has 1 aromatic carbocycles. The number of hydrogen-bond acceptors (Lipinski definition) is 5. The first-order valence-electron chi connectivity index (χ1n) is 8.64. The van der Waals surface area contributed by atoms with E-state index in [0.29, 0.717) is 30.6 Å². The number of nitrogens with zero attached hydrogens (tertiary/aromatic N) is 1. The Bertz CT molecular complexity index is 629. The van der Waals surface area contributed by atoms with Crippen molar-refractivity contribution >= 4 is 17.7 Å². The lowest BCUT2D eigenvalue weighted by Gasteiger charge is -2.47. The predicted molar refractivity (Wildman–Crippen MR) is 93.2 cm³/mol. The summed E-state index contributed by atoms with van der Waals surface area (Å²) in [5.74, 6) is 2.53. The standard InChI is InChI=1S/C18H23NO4S/c1-2-21-14-9-18(24-10-14)11-19(12-18)17(20)13-4-5-15-16(8-13)23-7-3-6-22-15/h4-5,8,14H,2-3,6-7,9-12H2,1H3/t14-/m0/s1. The van der Waals surface area contributed by atoms with E-state index in [1.807, 2.05) is 41.8 Å². The maximum absolute atomic E-state index is 12.7. The Kier molecular flexibility index (Phi) is 4.35. The molecule has 0 saturated carbocycles. The second-order valence-corrected chi connectivity index (χ2v) is 8.14. The van der Waals surface area contributed by atoms with Crippen LogP contribution in [-0.4, -0.2) is 60.3 Å². The Morgan fingerprint density at radius 3 is 2.92 bits per heavy atom. The highest BCUT2D eigenvalue weighted by Gasteiger charge is 2.50. The summed E-state index contributed by atoms with van der Waals surface area (Å²) in [5, 5.41) is 0. The molecule has 130 valence electrons. The second kappa shape index (κ2) is 6.48. The van der Waals surface area contributed by atoms with Gasteiger partial charge in [0.05, 0.1) is 24.1 Å². The van der Waals surface area contributed by atoms with Crippen molar-refractivity contribution in [2.45, 2.75) is 30.6 Å². The first kappa shape index (κ1) is 16.1. The fraction of sp³-hybridized carbons (Fsp3) is 0.611. The molecule has 3 heterocycles. The summed E-state index contributed by atoms with van der Waals surface area (Å²) in [6, 6.07) is 5.50. The second-order valence-electron chi connectivity index (χ2n) is 6.65. The van der Waals surface area contributed by atoms with Crippen molar-refractivity contribution in [3.63, 3.8) is 0 Å². The fourth-order valence-corrected chi connectivity index (χ4v) is 5.19. The number of carbonyl (C=O) groups excluding carboxylic acids is 1. The lowest BCUT2D eigenvalue weighted by molar-refractivity contribution is 0.0359. The summed E-state index contributed by atoms with van der Waals surface area (Å²) in [6.45, 7) is 5.72. The molecule has 2 saturated heterocycles. The van der Waals surface area contributed by atoms with Gasteiger partial charge in [-0.3, -0.25) is 4.79 Å². The van der Waals surface area contributed by atoms with Crippen molar-refractivity contribution in [2.75, 3.05) is 38.7 Å². The highest BCUT2D eigenvalue weighted by molar-refractivity contribution is 8.01. The first-order chi connectivity index (χ1) is 11.7.